The van der Waals surface area contributed by atoms with E-state index in [1.54, 1.807) is 0 Å². The summed E-state index contributed by atoms with van der Waals surface area (Å²) in [4.78, 5) is 26.9. The molecule has 0 spiro atoms. The van der Waals surface area contributed by atoms with Gasteiger partial charge in [-0.15, -0.1) is 11.3 Å². The van der Waals surface area contributed by atoms with Crippen LogP contribution < -0.4 is 15.5 Å². The smallest absolute Gasteiger partial charge is 0.319 e. The lowest BCUT2D eigenvalue weighted by Gasteiger charge is -2.33. The SMILES string of the molecule is Cc1nc(N2CCC(NC(=O)Nc3ccccc3)CC2)c2c3c(sc2n1)CCC3. The molecule has 3 aromatic rings. The molecule has 0 atom stereocenters. The number of carbonyl (C=O) groups is 1. The molecule has 2 N–H and O–H groups in total. The topological polar surface area (TPSA) is 70.2 Å². The number of hydrogen-bond donors (Lipinski definition) is 2. The van der Waals surface area contributed by atoms with Crippen LogP contribution in [0, 0.1) is 6.92 Å². The van der Waals surface area contributed by atoms with Crippen LogP contribution >= 0.6 is 11.3 Å². The van der Waals surface area contributed by atoms with Crippen LogP contribution in [0.5, 0.6) is 0 Å². The highest BCUT2D eigenvalue weighted by molar-refractivity contribution is 7.19. The second-order valence-corrected chi connectivity index (χ2v) is 8.94. The number of urea groups is 1. The Kier molecular flexibility index (Phi) is 4.83. The summed E-state index contributed by atoms with van der Waals surface area (Å²) in [5, 5.41) is 7.30. The summed E-state index contributed by atoms with van der Waals surface area (Å²) in [7, 11) is 0. The van der Waals surface area contributed by atoms with Gasteiger partial charge in [0.15, 0.2) is 0 Å². The Balaban J connectivity index is 1.27. The molecule has 2 amide bonds. The van der Waals surface area contributed by atoms with E-state index < -0.39 is 0 Å². The molecular weight excluding hydrogens is 382 g/mol. The minimum Gasteiger partial charge on any atom is -0.356 e. The largest absolute Gasteiger partial charge is 0.356 e. The number of benzene rings is 1. The average Bonchev–Trinajstić information content (AvgIpc) is 3.29. The number of para-hydroxylation sites is 1. The zero-order valence-corrected chi connectivity index (χ0v) is 17.4. The third-order valence-electron chi connectivity index (χ3n) is 5.82. The molecule has 29 heavy (non-hydrogen) atoms. The van der Waals surface area contributed by atoms with Crippen LogP contribution in [-0.2, 0) is 12.8 Å². The van der Waals surface area contributed by atoms with Crippen molar-refractivity contribution in [1.29, 1.82) is 0 Å². The predicted molar refractivity (Wildman–Crippen MR) is 118 cm³/mol. The average molecular weight is 408 g/mol. The summed E-state index contributed by atoms with van der Waals surface area (Å²) in [5.74, 6) is 1.94. The Morgan fingerprint density at radius 1 is 1.14 bits per heavy atom. The molecule has 0 saturated carbocycles. The van der Waals surface area contributed by atoms with Crippen LogP contribution in [0.1, 0.15) is 35.5 Å². The molecule has 1 aliphatic heterocycles. The number of fused-ring (bicyclic) bond motifs is 3. The third kappa shape index (κ3) is 3.67. The van der Waals surface area contributed by atoms with Gasteiger partial charge in [0, 0.05) is 29.7 Å². The molecule has 1 fully saturated rings. The van der Waals surface area contributed by atoms with E-state index >= 15 is 0 Å². The van der Waals surface area contributed by atoms with E-state index in [-0.39, 0.29) is 12.1 Å². The van der Waals surface area contributed by atoms with Gasteiger partial charge in [0.2, 0.25) is 0 Å². The van der Waals surface area contributed by atoms with Gasteiger partial charge in [-0.1, -0.05) is 18.2 Å². The van der Waals surface area contributed by atoms with Gasteiger partial charge in [-0.25, -0.2) is 14.8 Å². The first-order chi connectivity index (χ1) is 14.2. The fourth-order valence-corrected chi connectivity index (χ4v) is 5.72. The Morgan fingerprint density at radius 2 is 1.93 bits per heavy atom. The van der Waals surface area contributed by atoms with Crippen molar-refractivity contribution in [1.82, 2.24) is 15.3 Å². The van der Waals surface area contributed by atoms with Crippen LogP contribution in [0.25, 0.3) is 10.2 Å². The second-order valence-electron chi connectivity index (χ2n) is 7.86. The quantitative estimate of drug-likeness (QED) is 0.680. The fourth-order valence-electron chi connectivity index (χ4n) is 4.42. The number of rotatable bonds is 3. The monoisotopic (exact) mass is 407 g/mol. The van der Waals surface area contributed by atoms with Crippen molar-refractivity contribution in [3.8, 4) is 0 Å². The van der Waals surface area contributed by atoms with Gasteiger partial charge in [0.1, 0.15) is 16.5 Å². The lowest BCUT2D eigenvalue weighted by Crippen LogP contribution is -2.46. The molecule has 2 aromatic heterocycles. The molecule has 1 aliphatic carbocycles. The second kappa shape index (κ2) is 7.63. The lowest BCUT2D eigenvalue weighted by molar-refractivity contribution is 0.246. The van der Waals surface area contributed by atoms with Crippen molar-refractivity contribution >= 4 is 39.1 Å². The van der Waals surface area contributed by atoms with E-state index in [2.05, 4.69) is 15.5 Å². The number of aryl methyl sites for hydroxylation is 3. The Hall–Kier alpha value is -2.67. The molecular formula is C22H25N5OS. The molecule has 6 nitrogen and oxygen atoms in total. The van der Waals surface area contributed by atoms with Gasteiger partial charge in [-0.3, -0.25) is 0 Å². The number of hydrogen-bond acceptors (Lipinski definition) is 5. The predicted octanol–water partition coefficient (Wildman–Crippen LogP) is 4.28. The number of anilines is 2. The Morgan fingerprint density at radius 3 is 2.72 bits per heavy atom. The molecule has 0 bridgehead atoms. The van der Waals surface area contributed by atoms with Gasteiger partial charge in [-0.05, 0) is 56.7 Å². The first-order valence-corrected chi connectivity index (χ1v) is 11.2. The van der Waals surface area contributed by atoms with E-state index in [1.165, 1.54) is 28.7 Å². The minimum atomic E-state index is -0.134. The van der Waals surface area contributed by atoms with Crippen molar-refractivity contribution in [2.24, 2.45) is 0 Å². The zero-order valence-electron chi connectivity index (χ0n) is 16.6. The summed E-state index contributed by atoms with van der Waals surface area (Å²) in [6.45, 7) is 3.77. The highest BCUT2D eigenvalue weighted by atomic mass is 32.1. The van der Waals surface area contributed by atoms with Crippen LogP contribution in [0.15, 0.2) is 30.3 Å². The molecule has 1 saturated heterocycles. The van der Waals surface area contributed by atoms with E-state index in [0.29, 0.717) is 0 Å². The van der Waals surface area contributed by atoms with Crippen molar-refractivity contribution in [3.05, 3.63) is 46.6 Å². The van der Waals surface area contributed by atoms with Gasteiger partial charge < -0.3 is 15.5 Å². The molecule has 2 aliphatic rings. The number of nitrogens with zero attached hydrogens (tertiary/aromatic N) is 3. The van der Waals surface area contributed by atoms with Crippen LogP contribution in [0.4, 0.5) is 16.3 Å². The first-order valence-electron chi connectivity index (χ1n) is 10.3. The molecule has 1 aromatic carbocycles. The number of piperidine rings is 1. The standard InChI is InChI=1S/C22H25N5OS/c1-14-23-20(19-17-8-5-9-18(17)29-21(19)24-14)27-12-10-16(11-13-27)26-22(28)25-15-6-3-2-4-7-15/h2-4,6-7,16H,5,8-13H2,1H3,(H2,25,26,28). The highest BCUT2D eigenvalue weighted by Gasteiger charge is 2.27. The van der Waals surface area contributed by atoms with Gasteiger partial charge >= 0.3 is 6.03 Å². The molecule has 0 unspecified atom stereocenters. The van der Waals surface area contributed by atoms with Crippen LogP contribution in [0.2, 0.25) is 0 Å². The summed E-state index contributed by atoms with van der Waals surface area (Å²) < 4.78 is 0. The van der Waals surface area contributed by atoms with Gasteiger partial charge in [-0.2, -0.15) is 0 Å². The van der Waals surface area contributed by atoms with E-state index in [1.807, 2.05) is 48.6 Å². The molecule has 7 heteroatoms. The molecule has 150 valence electrons. The van der Waals surface area contributed by atoms with Crippen LogP contribution in [-0.4, -0.2) is 35.1 Å². The summed E-state index contributed by atoms with van der Waals surface area (Å²) in [6, 6.07) is 9.61. The summed E-state index contributed by atoms with van der Waals surface area (Å²) in [6.07, 6.45) is 5.40. The zero-order chi connectivity index (χ0) is 19.8. The molecule has 0 radical (unpaired) electrons. The van der Waals surface area contributed by atoms with Crippen molar-refractivity contribution in [2.45, 2.75) is 45.1 Å². The van der Waals surface area contributed by atoms with Gasteiger partial charge in [0.25, 0.3) is 0 Å². The van der Waals surface area contributed by atoms with E-state index in [0.717, 1.165) is 54.5 Å². The number of amides is 2. The summed E-state index contributed by atoms with van der Waals surface area (Å²) >= 11 is 1.85. The van der Waals surface area contributed by atoms with Crippen molar-refractivity contribution in [2.75, 3.05) is 23.3 Å². The molecule has 5 rings (SSSR count). The maximum atomic E-state index is 12.3. The van der Waals surface area contributed by atoms with E-state index in [9.17, 15) is 4.79 Å². The third-order valence-corrected chi connectivity index (χ3v) is 7.00. The first kappa shape index (κ1) is 18.4. The van der Waals surface area contributed by atoms with Gasteiger partial charge in [0.05, 0.1) is 5.39 Å². The summed E-state index contributed by atoms with van der Waals surface area (Å²) in [5.41, 5.74) is 2.29. The molecule has 3 heterocycles. The maximum absolute atomic E-state index is 12.3. The number of thiophene rings is 1. The van der Waals surface area contributed by atoms with Crippen molar-refractivity contribution in [3.63, 3.8) is 0 Å². The number of aromatic nitrogens is 2. The number of carbonyl (C=O) groups excluding carboxylic acids is 1. The Bertz CT molecular complexity index is 1040. The lowest BCUT2D eigenvalue weighted by atomic mass is 10.0. The van der Waals surface area contributed by atoms with E-state index in [4.69, 9.17) is 9.97 Å². The van der Waals surface area contributed by atoms with Crippen molar-refractivity contribution < 1.29 is 4.79 Å². The highest BCUT2D eigenvalue weighted by Crippen LogP contribution is 2.41. The van der Waals surface area contributed by atoms with Crippen LogP contribution in [0.3, 0.4) is 0 Å². The maximum Gasteiger partial charge on any atom is 0.319 e. The minimum absolute atomic E-state index is 0.134. The number of nitrogens with one attached hydrogen (secondary N) is 2. The normalized spacial score (nSPS) is 16.8. The fraction of sp³-hybridized carbons (Fsp3) is 0.409. The Labute approximate surface area is 174 Å².